The third-order valence-corrected chi connectivity index (χ3v) is 3.02. The van der Waals surface area contributed by atoms with E-state index in [-0.39, 0.29) is 0 Å². The van der Waals surface area contributed by atoms with Crippen LogP contribution in [0.1, 0.15) is 18.9 Å². The zero-order valence-electron chi connectivity index (χ0n) is 12.3. The van der Waals surface area contributed by atoms with Gasteiger partial charge < -0.3 is 19.5 Å². The molecule has 0 aromatic heterocycles. The Kier molecular flexibility index (Phi) is 9.41. The SMILES string of the molecule is CCNCc1cccc(Cl)c1OCCOCCCOC. The zero-order chi connectivity index (χ0) is 14.6. The highest BCUT2D eigenvalue weighted by Crippen LogP contribution is 2.28. The summed E-state index contributed by atoms with van der Waals surface area (Å²) >= 11 is 6.18. The summed E-state index contributed by atoms with van der Waals surface area (Å²) in [4.78, 5) is 0. The van der Waals surface area contributed by atoms with Gasteiger partial charge in [0, 0.05) is 32.4 Å². The van der Waals surface area contributed by atoms with Crippen LogP contribution in [0.3, 0.4) is 0 Å². The summed E-state index contributed by atoms with van der Waals surface area (Å²) < 4.78 is 16.1. The number of hydrogen-bond donors (Lipinski definition) is 1. The van der Waals surface area contributed by atoms with Crippen molar-refractivity contribution in [2.24, 2.45) is 0 Å². The molecule has 0 spiro atoms. The number of methoxy groups -OCH3 is 1. The minimum absolute atomic E-state index is 0.496. The molecule has 114 valence electrons. The predicted molar refractivity (Wildman–Crippen MR) is 81.6 cm³/mol. The average molecular weight is 302 g/mol. The molecule has 0 amide bonds. The van der Waals surface area contributed by atoms with E-state index in [0.29, 0.717) is 24.8 Å². The molecule has 1 aromatic carbocycles. The van der Waals surface area contributed by atoms with E-state index in [1.54, 1.807) is 7.11 Å². The van der Waals surface area contributed by atoms with Gasteiger partial charge in [-0.15, -0.1) is 0 Å². The highest BCUT2D eigenvalue weighted by Gasteiger charge is 2.07. The minimum Gasteiger partial charge on any atom is -0.489 e. The number of halogens is 1. The lowest BCUT2D eigenvalue weighted by atomic mass is 10.2. The maximum absolute atomic E-state index is 6.18. The predicted octanol–water partition coefficient (Wildman–Crippen LogP) is 2.88. The zero-order valence-corrected chi connectivity index (χ0v) is 13.0. The van der Waals surface area contributed by atoms with Crippen LogP contribution in [0.2, 0.25) is 5.02 Å². The van der Waals surface area contributed by atoms with E-state index in [1.807, 2.05) is 18.2 Å². The molecular weight excluding hydrogens is 278 g/mol. The van der Waals surface area contributed by atoms with Gasteiger partial charge in [-0.05, 0) is 19.0 Å². The van der Waals surface area contributed by atoms with Crippen molar-refractivity contribution in [2.45, 2.75) is 19.9 Å². The molecule has 0 saturated carbocycles. The van der Waals surface area contributed by atoms with Crippen LogP contribution in [0.4, 0.5) is 0 Å². The Morgan fingerprint density at radius 2 is 2.00 bits per heavy atom. The van der Waals surface area contributed by atoms with Gasteiger partial charge >= 0.3 is 0 Å². The van der Waals surface area contributed by atoms with Crippen LogP contribution in [0, 0.1) is 0 Å². The van der Waals surface area contributed by atoms with Gasteiger partial charge in [0.2, 0.25) is 0 Å². The highest BCUT2D eigenvalue weighted by molar-refractivity contribution is 6.32. The molecule has 20 heavy (non-hydrogen) atoms. The summed E-state index contributed by atoms with van der Waals surface area (Å²) in [6.45, 7) is 6.18. The van der Waals surface area contributed by atoms with Crippen LogP contribution >= 0.6 is 11.6 Å². The van der Waals surface area contributed by atoms with E-state index in [4.69, 9.17) is 25.8 Å². The lowest BCUT2D eigenvalue weighted by molar-refractivity contribution is 0.0804. The van der Waals surface area contributed by atoms with Crippen LogP contribution in [-0.4, -0.2) is 40.1 Å². The Hall–Kier alpha value is -0.810. The van der Waals surface area contributed by atoms with Gasteiger partial charge in [-0.1, -0.05) is 30.7 Å². The molecule has 0 aliphatic heterocycles. The van der Waals surface area contributed by atoms with Crippen molar-refractivity contribution in [3.8, 4) is 5.75 Å². The molecule has 0 atom stereocenters. The fraction of sp³-hybridized carbons (Fsp3) is 0.600. The van der Waals surface area contributed by atoms with Crippen molar-refractivity contribution in [1.82, 2.24) is 5.32 Å². The number of ether oxygens (including phenoxy) is 3. The number of nitrogens with one attached hydrogen (secondary N) is 1. The van der Waals surface area contributed by atoms with E-state index in [9.17, 15) is 0 Å². The summed E-state index contributed by atoms with van der Waals surface area (Å²) in [6.07, 6.45) is 0.897. The van der Waals surface area contributed by atoms with Crippen LogP contribution < -0.4 is 10.1 Å². The molecule has 0 aliphatic carbocycles. The Bertz CT molecular complexity index is 374. The molecular formula is C15H24ClNO3. The van der Waals surface area contributed by atoms with Gasteiger partial charge in [0.1, 0.15) is 12.4 Å². The summed E-state index contributed by atoms with van der Waals surface area (Å²) in [5.41, 5.74) is 1.07. The van der Waals surface area contributed by atoms with Gasteiger partial charge in [-0.3, -0.25) is 0 Å². The molecule has 1 N–H and O–H groups in total. The number of benzene rings is 1. The maximum Gasteiger partial charge on any atom is 0.142 e. The highest BCUT2D eigenvalue weighted by atomic mass is 35.5. The first-order valence-electron chi connectivity index (χ1n) is 6.97. The van der Waals surface area contributed by atoms with E-state index in [1.165, 1.54) is 0 Å². The summed E-state index contributed by atoms with van der Waals surface area (Å²) in [5, 5.41) is 3.91. The molecule has 0 radical (unpaired) electrons. The molecule has 0 saturated heterocycles. The molecule has 0 fully saturated rings. The maximum atomic E-state index is 6.18. The second-order valence-electron chi connectivity index (χ2n) is 4.32. The Morgan fingerprint density at radius 1 is 1.15 bits per heavy atom. The van der Waals surface area contributed by atoms with Crippen molar-refractivity contribution in [3.63, 3.8) is 0 Å². The number of rotatable bonds is 11. The van der Waals surface area contributed by atoms with Gasteiger partial charge in [0.15, 0.2) is 0 Å². The Labute approximate surface area is 126 Å². The second kappa shape index (κ2) is 10.9. The minimum atomic E-state index is 0.496. The van der Waals surface area contributed by atoms with E-state index >= 15 is 0 Å². The molecule has 5 heteroatoms. The lowest BCUT2D eigenvalue weighted by Gasteiger charge is -2.13. The van der Waals surface area contributed by atoms with Crippen molar-refractivity contribution in [3.05, 3.63) is 28.8 Å². The van der Waals surface area contributed by atoms with Crippen LogP contribution in [0.5, 0.6) is 5.75 Å². The van der Waals surface area contributed by atoms with E-state index in [2.05, 4.69) is 12.2 Å². The van der Waals surface area contributed by atoms with Crippen molar-refractivity contribution >= 4 is 11.6 Å². The fourth-order valence-electron chi connectivity index (χ4n) is 1.72. The number of hydrogen-bond acceptors (Lipinski definition) is 4. The third-order valence-electron chi connectivity index (χ3n) is 2.73. The lowest BCUT2D eigenvalue weighted by Crippen LogP contribution is -2.14. The first-order valence-corrected chi connectivity index (χ1v) is 7.35. The Balaban J connectivity index is 2.34. The molecule has 1 aromatic rings. The first-order chi connectivity index (χ1) is 9.79. The fourth-order valence-corrected chi connectivity index (χ4v) is 1.97. The Morgan fingerprint density at radius 3 is 2.75 bits per heavy atom. The first kappa shape index (κ1) is 17.2. The molecule has 0 heterocycles. The second-order valence-corrected chi connectivity index (χ2v) is 4.72. The average Bonchev–Trinajstić information content (AvgIpc) is 2.46. The van der Waals surface area contributed by atoms with E-state index < -0.39 is 0 Å². The van der Waals surface area contributed by atoms with Gasteiger partial charge in [-0.2, -0.15) is 0 Å². The quantitative estimate of drug-likeness (QED) is 0.638. The summed E-state index contributed by atoms with van der Waals surface area (Å²) in [7, 11) is 1.69. The smallest absolute Gasteiger partial charge is 0.142 e. The third kappa shape index (κ3) is 6.57. The van der Waals surface area contributed by atoms with Crippen molar-refractivity contribution in [2.75, 3.05) is 40.1 Å². The molecule has 4 nitrogen and oxygen atoms in total. The van der Waals surface area contributed by atoms with Crippen molar-refractivity contribution in [1.29, 1.82) is 0 Å². The van der Waals surface area contributed by atoms with Crippen molar-refractivity contribution < 1.29 is 14.2 Å². The van der Waals surface area contributed by atoms with Crippen LogP contribution in [0.15, 0.2) is 18.2 Å². The summed E-state index contributed by atoms with van der Waals surface area (Å²) in [6, 6.07) is 5.79. The standard InChI is InChI=1S/C15H24ClNO3/c1-3-17-12-13-6-4-7-14(16)15(13)20-11-10-19-9-5-8-18-2/h4,6-7,17H,3,5,8-12H2,1-2H3. The molecule has 1 rings (SSSR count). The molecule has 0 unspecified atom stereocenters. The molecule has 0 aliphatic rings. The summed E-state index contributed by atoms with van der Waals surface area (Å²) in [5.74, 6) is 0.746. The largest absolute Gasteiger partial charge is 0.489 e. The van der Waals surface area contributed by atoms with E-state index in [0.717, 1.165) is 37.4 Å². The van der Waals surface area contributed by atoms with Crippen LogP contribution in [0.25, 0.3) is 0 Å². The number of para-hydroxylation sites is 1. The van der Waals surface area contributed by atoms with Gasteiger partial charge in [0.25, 0.3) is 0 Å². The topological polar surface area (TPSA) is 39.7 Å². The normalized spacial score (nSPS) is 10.8. The van der Waals surface area contributed by atoms with Crippen LogP contribution in [-0.2, 0) is 16.0 Å². The molecule has 0 bridgehead atoms. The monoisotopic (exact) mass is 301 g/mol. The van der Waals surface area contributed by atoms with Gasteiger partial charge in [-0.25, -0.2) is 0 Å². The van der Waals surface area contributed by atoms with Gasteiger partial charge in [0.05, 0.1) is 11.6 Å².